The third-order valence-electron chi connectivity index (χ3n) is 6.23. The highest BCUT2D eigenvalue weighted by atomic mass is 32.2. The minimum Gasteiger partial charge on any atom is -0.449 e. The van der Waals surface area contributed by atoms with E-state index in [9.17, 15) is 18.0 Å². The number of nitrogens with one attached hydrogen (secondary N) is 1. The predicted molar refractivity (Wildman–Crippen MR) is 137 cm³/mol. The van der Waals surface area contributed by atoms with Crippen LogP contribution in [0.25, 0.3) is 10.9 Å². The highest BCUT2D eigenvalue weighted by Crippen LogP contribution is 2.29. The van der Waals surface area contributed by atoms with Gasteiger partial charge in [-0.2, -0.15) is 0 Å². The molecule has 2 aromatic carbocycles. The summed E-state index contributed by atoms with van der Waals surface area (Å²) < 4.78 is 28.7. The second-order valence-corrected chi connectivity index (χ2v) is 10.4. The first-order valence-corrected chi connectivity index (χ1v) is 13.5. The smallest absolute Gasteiger partial charge is 0.340 e. The number of esters is 1. The molecule has 36 heavy (non-hydrogen) atoms. The number of nitrogens with zero attached hydrogens (tertiary/aromatic N) is 2. The second-order valence-electron chi connectivity index (χ2n) is 8.82. The molecule has 3 aromatic rings. The third-order valence-corrected chi connectivity index (χ3v) is 7.16. The lowest BCUT2D eigenvalue weighted by atomic mass is 9.95. The maximum atomic E-state index is 13.5. The quantitative estimate of drug-likeness (QED) is 0.445. The number of rotatable bonds is 8. The first-order valence-electron chi connectivity index (χ1n) is 12.0. The van der Waals surface area contributed by atoms with Gasteiger partial charge in [0.25, 0.3) is 5.91 Å². The number of aromatic nitrogens is 1. The van der Waals surface area contributed by atoms with Crippen molar-refractivity contribution in [3.63, 3.8) is 0 Å². The Morgan fingerprint density at radius 3 is 2.53 bits per heavy atom. The van der Waals surface area contributed by atoms with Gasteiger partial charge in [-0.05, 0) is 49.7 Å². The third kappa shape index (κ3) is 5.56. The van der Waals surface area contributed by atoms with Crippen LogP contribution in [0.2, 0.25) is 0 Å². The lowest BCUT2D eigenvalue weighted by molar-refractivity contribution is -0.124. The number of sulfonamides is 1. The largest absolute Gasteiger partial charge is 0.449 e. The van der Waals surface area contributed by atoms with Gasteiger partial charge in [0.05, 0.1) is 16.0 Å². The van der Waals surface area contributed by atoms with Crippen LogP contribution < -0.4 is 10.5 Å². The van der Waals surface area contributed by atoms with Crippen LogP contribution in [0, 0.1) is 0 Å². The van der Waals surface area contributed by atoms with Crippen molar-refractivity contribution in [1.82, 2.24) is 9.88 Å². The summed E-state index contributed by atoms with van der Waals surface area (Å²) in [4.78, 5) is 33.5. The molecule has 0 saturated carbocycles. The fourth-order valence-corrected chi connectivity index (χ4v) is 4.96. The summed E-state index contributed by atoms with van der Waals surface area (Å²) in [6.07, 6.45) is 0.979. The Kier molecular flexibility index (Phi) is 7.67. The number of hydrogen-bond acceptors (Lipinski definition) is 7. The van der Waals surface area contributed by atoms with Crippen molar-refractivity contribution in [2.45, 2.75) is 50.7 Å². The Labute approximate surface area is 210 Å². The van der Waals surface area contributed by atoms with Gasteiger partial charge in [0.2, 0.25) is 10.0 Å². The molecule has 0 radical (unpaired) electrons. The molecule has 0 bridgehead atoms. The average molecular weight is 511 g/mol. The Hall–Kier alpha value is -3.34. The molecule has 1 atom stereocenters. The van der Waals surface area contributed by atoms with Crippen LogP contribution in [-0.4, -0.2) is 49.4 Å². The van der Waals surface area contributed by atoms with E-state index in [0.29, 0.717) is 23.2 Å². The lowest BCUT2D eigenvalue weighted by Crippen LogP contribution is -2.35. The molecule has 1 aliphatic rings. The molecular formula is C26H30N4O5S. The van der Waals surface area contributed by atoms with Gasteiger partial charge in [0.1, 0.15) is 0 Å². The van der Waals surface area contributed by atoms with Crippen LogP contribution >= 0.6 is 0 Å². The summed E-state index contributed by atoms with van der Waals surface area (Å²) in [6.45, 7) is 6.28. The van der Waals surface area contributed by atoms with Crippen LogP contribution in [0.5, 0.6) is 0 Å². The molecule has 1 aliphatic heterocycles. The van der Waals surface area contributed by atoms with Gasteiger partial charge in [0, 0.05) is 41.8 Å². The van der Waals surface area contributed by atoms with Crippen LogP contribution in [-0.2, 0) is 32.5 Å². The first-order chi connectivity index (χ1) is 17.2. The fourth-order valence-electron chi connectivity index (χ4n) is 4.45. The minimum atomic E-state index is -3.84. The zero-order valence-corrected chi connectivity index (χ0v) is 21.2. The van der Waals surface area contributed by atoms with Crippen LogP contribution in [0.15, 0.2) is 53.4 Å². The van der Waals surface area contributed by atoms with Gasteiger partial charge < -0.3 is 10.1 Å². The number of pyridine rings is 1. The molecule has 0 saturated heterocycles. The molecule has 10 heteroatoms. The zero-order valence-electron chi connectivity index (χ0n) is 20.4. The van der Waals surface area contributed by atoms with Gasteiger partial charge >= 0.3 is 5.97 Å². The number of carbonyl (C=O) groups excluding carboxylic acids is 2. The molecule has 1 unspecified atom stereocenters. The number of ether oxygens (including phenoxy) is 1. The van der Waals surface area contributed by atoms with E-state index in [-0.39, 0.29) is 11.3 Å². The summed E-state index contributed by atoms with van der Waals surface area (Å²) in [5, 5.41) is 8.50. The molecule has 3 N–H and O–H groups in total. The number of benzene rings is 2. The standard InChI is InChI=1S/C26H30N4O5S/c1-3-14-30-15-13-22-20(16-30)24(19-7-5-6-8-21(19)29-22)26(32)35-23(4-2)25(31)28-17-9-11-18(12-10-17)36(27,33)34/h5-12,23H,3-4,13-16H2,1-2H3,(H,28,31)(H2,27,33,34). The van der Waals surface area contributed by atoms with Crippen molar-refractivity contribution in [2.75, 3.05) is 18.4 Å². The Bertz CT molecular complexity index is 1390. The highest BCUT2D eigenvalue weighted by molar-refractivity contribution is 7.89. The molecule has 1 aromatic heterocycles. The van der Waals surface area contributed by atoms with Crippen LogP contribution in [0.1, 0.15) is 48.3 Å². The minimum absolute atomic E-state index is 0.0644. The fraction of sp³-hybridized carbons (Fsp3) is 0.346. The molecule has 0 spiro atoms. The van der Waals surface area contributed by atoms with Gasteiger partial charge in [-0.3, -0.25) is 14.7 Å². The summed E-state index contributed by atoms with van der Waals surface area (Å²) in [5.41, 5.74) is 3.29. The second kappa shape index (κ2) is 10.7. The summed E-state index contributed by atoms with van der Waals surface area (Å²) >= 11 is 0. The van der Waals surface area contributed by atoms with Crippen molar-refractivity contribution in [3.8, 4) is 0 Å². The normalized spacial score (nSPS) is 14.8. The number of nitrogens with two attached hydrogens (primary N) is 1. The van der Waals surface area contributed by atoms with Crippen molar-refractivity contribution < 1.29 is 22.7 Å². The van der Waals surface area contributed by atoms with Crippen molar-refractivity contribution in [2.24, 2.45) is 5.14 Å². The summed E-state index contributed by atoms with van der Waals surface area (Å²) in [7, 11) is -3.84. The molecular weight excluding hydrogens is 480 g/mol. The van der Waals surface area contributed by atoms with Gasteiger partial charge in [-0.25, -0.2) is 18.4 Å². The number of amides is 1. The maximum Gasteiger partial charge on any atom is 0.340 e. The average Bonchev–Trinajstić information content (AvgIpc) is 2.85. The summed E-state index contributed by atoms with van der Waals surface area (Å²) in [5.74, 6) is -1.07. The van der Waals surface area contributed by atoms with E-state index < -0.39 is 28.0 Å². The maximum absolute atomic E-state index is 13.5. The number of primary sulfonamides is 1. The van der Waals surface area contributed by atoms with E-state index in [1.54, 1.807) is 6.92 Å². The van der Waals surface area contributed by atoms with E-state index in [2.05, 4.69) is 17.1 Å². The van der Waals surface area contributed by atoms with E-state index in [1.807, 2.05) is 24.3 Å². The lowest BCUT2D eigenvalue weighted by Gasteiger charge is -2.30. The van der Waals surface area contributed by atoms with Gasteiger partial charge in [-0.15, -0.1) is 0 Å². The Balaban J connectivity index is 1.59. The monoisotopic (exact) mass is 510 g/mol. The number of carbonyl (C=O) groups is 2. The number of fused-ring (bicyclic) bond motifs is 2. The molecule has 0 fully saturated rings. The summed E-state index contributed by atoms with van der Waals surface area (Å²) in [6, 6.07) is 12.9. The molecule has 0 aliphatic carbocycles. The van der Waals surface area contributed by atoms with Gasteiger partial charge in [-0.1, -0.05) is 32.0 Å². The van der Waals surface area contributed by atoms with Crippen LogP contribution in [0.3, 0.4) is 0 Å². The highest BCUT2D eigenvalue weighted by Gasteiger charge is 2.29. The molecule has 9 nitrogen and oxygen atoms in total. The number of hydrogen-bond donors (Lipinski definition) is 2. The van der Waals surface area contributed by atoms with Crippen LogP contribution in [0.4, 0.5) is 5.69 Å². The van der Waals surface area contributed by atoms with Gasteiger partial charge in [0.15, 0.2) is 6.10 Å². The van der Waals surface area contributed by atoms with E-state index in [0.717, 1.165) is 42.7 Å². The number of anilines is 1. The predicted octanol–water partition coefficient (Wildman–Crippen LogP) is 3.22. The van der Waals surface area contributed by atoms with Crippen molar-refractivity contribution >= 4 is 38.5 Å². The Morgan fingerprint density at radius 1 is 1.14 bits per heavy atom. The van der Waals surface area contributed by atoms with Crippen molar-refractivity contribution in [3.05, 3.63) is 65.4 Å². The topological polar surface area (TPSA) is 132 Å². The molecule has 1 amide bonds. The zero-order chi connectivity index (χ0) is 25.9. The SMILES string of the molecule is CCCN1CCc2nc3ccccc3c(C(=O)OC(CC)C(=O)Nc3ccc(S(N)(=O)=O)cc3)c2C1. The van der Waals surface area contributed by atoms with E-state index in [1.165, 1.54) is 24.3 Å². The Morgan fingerprint density at radius 2 is 1.86 bits per heavy atom. The van der Waals surface area contributed by atoms with E-state index in [4.69, 9.17) is 14.9 Å². The number of para-hydroxylation sites is 1. The first kappa shape index (κ1) is 25.7. The molecule has 2 heterocycles. The van der Waals surface area contributed by atoms with Crippen molar-refractivity contribution in [1.29, 1.82) is 0 Å². The molecule has 190 valence electrons. The van der Waals surface area contributed by atoms with E-state index >= 15 is 0 Å². The molecule has 4 rings (SSSR count).